The fourth-order valence-electron chi connectivity index (χ4n) is 4.93. The normalized spacial score (nSPS) is 19.6. The first-order valence-corrected chi connectivity index (χ1v) is 11.5. The molecule has 0 aliphatic carbocycles. The van der Waals surface area contributed by atoms with E-state index in [9.17, 15) is 24.5 Å². The van der Waals surface area contributed by atoms with Gasteiger partial charge < -0.3 is 14.6 Å². The van der Waals surface area contributed by atoms with Crippen LogP contribution in [-0.4, -0.2) is 55.9 Å². The molecular formula is C25H25N5O6. The quantitative estimate of drug-likeness (QED) is 0.426. The zero-order valence-corrected chi connectivity index (χ0v) is 20.0. The maximum Gasteiger partial charge on any atom is 0.426 e. The van der Waals surface area contributed by atoms with Crippen LogP contribution in [0.2, 0.25) is 0 Å². The molecule has 3 aromatic rings. The summed E-state index contributed by atoms with van der Waals surface area (Å²) in [7, 11) is 0. The topological polar surface area (TPSA) is 138 Å². The highest BCUT2D eigenvalue weighted by Gasteiger charge is 2.49. The van der Waals surface area contributed by atoms with E-state index >= 15 is 0 Å². The number of nitrogens with one attached hydrogen (secondary N) is 2. The van der Waals surface area contributed by atoms with Crippen LogP contribution >= 0.6 is 0 Å². The fraction of sp³-hybridized carbons (Fsp3) is 0.320. The number of hydrogen-bond donors (Lipinski definition) is 2. The second kappa shape index (κ2) is 8.36. The lowest BCUT2D eigenvalue weighted by Crippen LogP contribution is -2.66. The molecule has 0 spiro atoms. The Morgan fingerprint density at radius 3 is 2.64 bits per heavy atom. The van der Waals surface area contributed by atoms with Crippen molar-refractivity contribution in [3.8, 4) is 0 Å². The van der Waals surface area contributed by atoms with E-state index in [2.05, 4.69) is 10.4 Å². The molecule has 2 aliphatic heterocycles. The number of nitro groups is 1. The number of para-hydroxylation sites is 1. The molecule has 0 bridgehead atoms. The van der Waals surface area contributed by atoms with E-state index in [4.69, 9.17) is 4.74 Å². The van der Waals surface area contributed by atoms with E-state index in [0.29, 0.717) is 11.3 Å². The minimum Gasteiger partial charge on any atom is -0.443 e. The van der Waals surface area contributed by atoms with Crippen molar-refractivity contribution in [3.05, 3.63) is 75.5 Å². The Morgan fingerprint density at radius 1 is 1.17 bits per heavy atom. The van der Waals surface area contributed by atoms with Crippen LogP contribution in [0.5, 0.6) is 0 Å². The summed E-state index contributed by atoms with van der Waals surface area (Å²) in [5.41, 5.74) is 4.41. The smallest absolute Gasteiger partial charge is 0.426 e. The average Bonchev–Trinajstić information content (AvgIpc) is 3.18. The number of H-pyrrole nitrogens is 1. The molecule has 11 heteroatoms. The molecule has 2 atom stereocenters. The number of carbonyl (C=O) groups is 3. The lowest BCUT2D eigenvalue weighted by molar-refractivity contribution is -0.384. The summed E-state index contributed by atoms with van der Waals surface area (Å²) in [6.07, 6.45) is -0.613. The lowest BCUT2D eigenvalue weighted by atomic mass is 9.86. The van der Waals surface area contributed by atoms with Crippen LogP contribution in [0.1, 0.15) is 43.6 Å². The molecule has 1 saturated heterocycles. The Labute approximate surface area is 206 Å². The first kappa shape index (κ1) is 23.3. The Balaban J connectivity index is 1.59. The summed E-state index contributed by atoms with van der Waals surface area (Å²) in [5.74, 6) is -0.872. The first-order chi connectivity index (χ1) is 17.0. The third-order valence-corrected chi connectivity index (χ3v) is 6.29. The number of hydrazine groups is 1. The van der Waals surface area contributed by atoms with Crippen molar-refractivity contribution in [2.24, 2.45) is 0 Å². The Bertz CT molecular complexity index is 1410. The average molecular weight is 492 g/mol. The van der Waals surface area contributed by atoms with Crippen molar-refractivity contribution in [2.45, 2.75) is 44.9 Å². The minimum atomic E-state index is -0.919. The van der Waals surface area contributed by atoms with Crippen molar-refractivity contribution in [1.82, 2.24) is 20.3 Å². The van der Waals surface area contributed by atoms with Gasteiger partial charge in [-0.3, -0.25) is 19.7 Å². The predicted octanol–water partition coefficient (Wildman–Crippen LogP) is 3.20. The monoisotopic (exact) mass is 491 g/mol. The van der Waals surface area contributed by atoms with Gasteiger partial charge in [-0.1, -0.05) is 30.3 Å². The minimum absolute atomic E-state index is 0.115. The van der Waals surface area contributed by atoms with Crippen molar-refractivity contribution in [2.75, 3.05) is 6.54 Å². The van der Waals surface area contributed by atoms with Gasteiger partial charge in [-0.15, -0.1) is 0 Å². The highest BCUT2D eigenvalue weighted by Crippen LogP contribution is 2.42. The zero-order chi connectivity index (χ0) is 25.8. The summed E-state index contributed by atoms with van der Waals surface area (Å²) in [4.78, 5) is 55.2. The summed E-state index contributed by atoms with van der Waals surface area (Å²) >= 11 is 0. The lowest BCUT2D eigenvalue weighted by Gasteiger charge is -2.46. The number of benzene rings is 2. The molecule has 0 radical (unpaired) electrons. The zero-order valence-electron chi connectivity index (χ0n) is 20.0. The second-order valence-electron chi connectivity index (χ2n) is 9.88. The number of piperazine rings is 1. The van der Waals surface area contributed by atoms with Gasteiger partial charge >= 0.3 is 6.09 Å². The molecular weight excluding hydrogens is 466 g/mol. The molecule has 1 aromatic heterocycles. The number of hydrogen-bond acceptors (Lipinski definition) is 6. The molecule has 0 unspecified atom stereocenters. The number of fused-ring (bicyclic) bond motifs is 4. The largest absolute Gasteiger partial charge is 0.443 e. The number of aromatic nitrogens is 1. The third kappa shape index (κ3) is 4.02. The number of ether oxygens (including phenoxy) is 1. The van der Waals surface area contributed by atoms with E-state index in [1.165, 1.54) is 17.0 Å². The van der Waals surface area contributed by atoms with Gasteiger partial charge in [0.15, 0.2) is 0 Å². The molecule has 11 nitrogen and oxygen atoms in total. The van der Waals surface area contributed by atoms with Gasteiger partial charge in [-0.05, 0) is 38.0 Å². The highest BCUT2D eigenvalue weighted by molar-refractivity contribution is 5.98. The van der Waals surface area contributed by atoms with Gasteiger partial charge in [-0.2, -0.15) is 0 Å². The fourth-order valence-corrected chi connectivity index (χ4v) is 4.93. The van der Waals surface area contributed by atoms with Crippen LogP contribution in [0, 0.1) is 10.1 Å². The van der Waals surface area contributed by atoms with Gasteiger partial charge in [0, 0.05) is 35.2 Å². The number of aromatic amines is 1. The van der Waals surface area contributed by atoms with E-state index in [1.54, 1.807) is 32.9 Å². The van der Waals surface area contributed by atoms with E-state index in [1.807, 2.05) is 24.3 Å². The molecule has 5 rings (SSSR count). The van der Waals surface area contributed by atoms with Gasteiger partial charge in [0.05, 0.1) is 11.0 Å². The van der Waals surface area contributed by atoms with Crippen LogP contribution in [-0.2, 0) is 20.7 Å². The van der Waals surface area contributed by atoms with Gasteiger partial charge in [0.1, 0.15) is 18.2 Å². The van der Waals surface area contributed by atoms with Crippen LogP contribution < -0.4 is 5.43 Å². The van der Waals surface area contributed by atoms with Crippen LogP contribution in [0.3, 0.4) is 0 Å². The van der Waals surface area contributed by atoms with E-state index < -0.39 is 47.1 Å². The van der Waals surface area contributed by atoms with Crippen LogP contribution in [0.15, 0.2) is 48.5 Å². The summed E-state index contributed by atoms with van der Waals surface area (Å²) in [6, 6.07) is 12.0. The van der Waals surface area contributed by atoms with E-state index in [0.717, 1.165) is 21.5 Å². The standard InChI is InChI=1S/C25H25N5O6/c1-25(2,3)36-24(33)27-28-13-20(31)29-19(23(28)32)12-17-16-9-4-5-10-18(16)26-21(17)22(29)14-7-6-8-15(11-14)30(34)35/h4-11,19,22,26H,12-13H2,1-3H3,(H,27,33)/t19-,22+/m0/s1. The van der Waals surface area contributed by atoms with E-state index in [-0.39, 0.29) is 12.1 Å². The number of nitro benzene ring substituents is 1. The number of rotatable bonds is 3. The molecule has 3 amide bonds. The molecule has 36 heavy (non-hydrogen) atoms. The SMILES string of the molecule is CC(C)(C)OC(=O)NN1CC(=O)N2[C@H](c3cccc([N+](=O)[O-])c3)c3[nH]c4ccccc4c3C[C@H]2C1=O. The summed E-state index contributed by atoms with van der Waals surface area (Å²) in [6.45, 7) is 4.69. The van der Waals surface area contributed by atoms with Crippen LogP contribution in [0.25, 0.3) is 10.9 Å². The Morgan fingerprint density at radius 2 is 1.92 bits per heavy atom. The number of non-ortho nitro benzene ring substituents is 1. The molecule has 0 saturated carbocycles. The second-order valence-corrected chi connectivity index (χ2v) is 9.88. The number of nitrogens with zero attached hydrogens (tertiary/aromatic N) is 3. The first-order valence-electron chi connectivity index (χ1n) is 11.5. The number of carbonyl (C=O) groups excluding carboxylic acids is 3. The molecule has 2 aliphatic rings. The van der Waals surface area contributed by atoms with Gasteiger partial charge in [0.25, 0.3) is 11.6 Å². The maximum absolute atomic E-state index is 13.6. The molecule has 1 fully saturated rings. The highest BCUT2D eigenvalue weighted by atomic mass is 16.6. The number of amides is 3. The maximum atomic E-state index is 13.6. The van der Waals surface area contributed by atoms with Crippen LogP contribution in [0.4, 0.5) is 10.5 Å². The molecule has 186 valence electrons. The van der Waals surface area contributed by atoms with Crippen molar-refractivity contribution < 1.29 is 24.0 Å². The molecule has 3 heterocycles. The summed E-state index contributed by atoms with van der Waals surface area (Å²) < 4.78 is 5.25. The molecule has 2 N–H and O–H groups in total. The van der Waals surface area contributed by atoms with Gasteiger partial charge in [0.2, 0.25) is 5.91 Å². The van der Waals surface area contributed by atoms with Gasteiger partial charge in [-0.25, -0.2) is 15.2 Å². The van der Waals surface area contributed by atoms with Crippen molar-refractivity contribution in [1.29, 1.82) is 0 Å². The predicted molar refractivity (Wildman–Crippen MR) is 129 cm³/mol. The van der Waals surface area contributed by atoms with Crippen molar-refractivity contribution >= 4 is 34.5 Å². The van der Waals surface area contributed by atoms with Crippen molar-refractivity contribution in [3.63, 3.8) is 0 Å². The Hall–Kier alpha value is -4.41. The third-order valence-electron chi connectivity index (χ3n) is 6.29. The molecule has 2 aromatic carbocycles. The summed E-state index contributed by atoms with van der Waals surface area (Å²) in [5, 5.41) is 13.4. The Kier molecular flexibility index (Phi) is 5.42.